The molecule has 1 fully saturated rings. The Kier molecular flexibility index (Phi) is 10.7. The number of esters is 1. The summed E-state index contributed by atoms with van der Waals surface area (Å²) in [5.41, 5.74) is 0.990. The molecule has 9 nitrogen and oxygen atoms in total. The maximum Gasteiger partial charge on any atom is 0.340 e. The molecule has 1 N–H and O–H groups in total. The van der Waals surface area contributed by atoms with Crippen LogP contribution in [-0.2, 0) is 4.74 Å². The fourth-order valence-electron chi connectivity index (χ4n) is 4.70. The van der Waals surface area contributed by atoms with Crippen LogP contribution < -0.4 is 15.1 Å². The van der Waals surface area contributed by atoms with Crippen molar-refractivity contribution in [2.45, 2.75) is 59.1 Å². The SMILES string of the molecule is CCCN(CC)c1ccc(C(=O)NC[C@@H]2C[C@@H](OC(=O)c3ccc(N(CC)CCC)nc3)CN2C)cn1. The van der Waals surface area contributed by atoms with E-state index in [1.54, 1.807) is 18.5 Å². The van der Waals surface area contributed by atoms with Gasteiger partial charge in [0.2, 0.25) is 0 Å². The van der Waals surface area contributed by atoms with Crippen LogP contribution in [0.3, 0.4) is 0 Å². The Hall–Kier alpha value is -3.20. The number of carbonyl (C=O) groups excluding carboxylic acids is 2. The van der Waals surface area contributed by atoms with Gasteiger partial charge in [-0.05, 0) is 58.0 Å². The fraction of sp³-hybridized carbons (Fsp3) is 0.571. The number of rotatable bonds is 13. The molecule has 0 radical (unpaired) electrons. The molecule has 3 heterocycles. The molecule has 1 aliphatic heterocycles. The van der Waals surface area contributed by atoms with Gasteiger partial charge in [0.25, 0.3) is 5.91 Å². The highest BCUT2D eigenvalue weighted by atomic mass is 16.5. The van der Waals surface area contributed by atoms with Crippen LogP contribution in [0.5, 0.6) is 0 Å². The van der Waals surface area contributed by atoms with E-state index in [1.807, 2.05) is 25.2 Å². The van der Waals surface area contributed by atoms with Crippen molar-refractivity contribution >= 4 is 23.5 Å². The van der Waals surface area contributed by atoms with Gasteiger partial charge in [0.15, 0.2) is 0 Å². The third kappa shape index (κ3) is 7.64. The van der Waals surface area contributed by atoms with Crippen molar-refractivity contribution in [2.75, 3.05) is 56.1 Å². The molecule has 37 heavy (non-hydrogen) atoms. The third-order valence-electron chi connectivity index (χ3n) is 6.81. The molecule has 0 spiro atoms. The Bertz CT molecular complexity index is 998. The second-order valence-corrected chi connectivity index (χ2v) is 9.54. The number of likely N-dealkylation sites (N-methyl/N-ethyl adjacent to an activating group) is 1. The van der Waals surface area contributed by atoms with Crippen LogP contribution in [0.2, 0.25) is 0 Å². The van der Waals surface area contributed by atoms with Crippen LogP contribution >= 0.6 is 0 Å². The van der Waals surface area contributed by atoms with E-state index in [1.165, 1.54) is 0 Å². The summed E-state index contributed by atoms with van der Waals surface area (Å²) in [6.07, 6.45) is 5.74. The Balaban J connectivity index is 1.49. The standard InChI is InChI=1S/C28H42N6O3/c1-6-14-33(8-3)25-12-10-21(17-29-25)27(35)31-19-23-16-24(20-32(23)5)37-28(36)22-11-13-26(30-18-22)34(9-4)15-7-2/h10-13,17-18,23-24H,6-9,14-16,19-20H2,1-5H3,(H,31,35)/t23-,24+/m0/s1. The quantitative estimate of drug-likeness (QED) is 0.409. The molecule has 2 aromatic rings. The van der Waals surface area contributed by atoms with Crippen LogP contribution in [-0.4, -0.2) is 85.2 Å². The van der Waals surface area contributed by atoms with E-state index in [-0.39, 0.29) is 24.0 Å². The molecule has 2 atom stereocenters. The van der Waals surface area contributed by atoms with Crippen LogP contribution in [0.1, 0.15) is 67.7 Å². The van der Waals surface area contributed by atoms with Crippen LogP contribution in [0.25, 0.3) is 0 Å². The lowest BCUT2D eigenvalue weighted by Crippen LogP contribution is -2.38. The van der Waals surface area contributed by atoms with Gasteiger partial charge in [-0.3, -0.25) is 9.69 Å². The average Bonchev–Trinajstić information content (AvgIpc) is 3.27. The van der Waals surface area contributed by atoms with E-state index in [0.29, 0.717) is 30.6 Å². The van der Waals surface area contributed by atoms with E-state index < -0.39 is 0 Å². The first kappa shape index (κ1) is 28.4. The third-order valence-corrected chi connectivity index (χ3v) is 6.81. The molecule has 3 rings (SSSR count). The predicted molar refractivity (Wildman–Crippen MR) is 147 cm³/mol. The van der Waals surface area contributed by atoms with Gasteiger partial charge < -0.3 is 19.9 Å². The summed E-state index contributed by atoms with van der Waals surface area (Å²) < 4.78 is 5.77. The first-order valence-electron chi connectivity index (χ1n) is 13.5. The number of pyridine rings is 2. The van der Waals surface area contributed by atoms with Crippen molar-refractivity contribution in [1.29, 1.82) is 0 Å². The number of anilines is 2. The van der Waals surface area contributed by atoms with Gasteiger partial charge >= 0.3 is 5.97 Å². The molecule has 0 aliphatic carbocycles. The average molecular weight is 511 g/mol. The summed E-state index contributed by atoms with van der Waals surface area (Å²) >= 11 is 0. The van der Waals surface area contributed by atoms with Gasteiger partial charge in [0, 0.05) is 64.1 Å². The molecule has 0 saturated carbocycles. The fourth-order valence-corrected chi connectivity index (χ4v) is 4.70. The Morgan fingerprint density at radius 2 is 1.51 bits per heavy atom. The minimum Gasteiger partial charge on any atom is -0.457 e. The number of nitrogens with one attached hydrogen (secondary N) is 1. The molecule has 1 saturated heterocycles. The Morgan fingerprint density at radius 3 is 2.00 bits per heavy atom. The van der Waals surface area contributed by atoms with Gasteiger partial charge in [-0.1, -0.05) is 13.8 Å². The van der Waals surface area contributed by atoms with Crippen LogP contribution in [0.4, 0.5) is 11.6 Å². The van der Waals surface area contributed by atoms with Crippen molar-refractivity contribution in [3.63, 3.8) is 0 Å². The summed E-state index contributed by atoms with van der Waals surface area (Å²) in [5, 5.41) is 3.01. The Morgan fingerprint density at radius 1 is 0.946 bits per heavy atom. The van der Waals surface area contributed by atoms with Crippen LogP contribution in [0, 0.1) is 0 Å². The van der Waals surface area contributed by atoms with Crippen molar-refractivity contribution in [1.82, 2.24) is 20.2 Å². The molecule has 0 bridgehead atoms. The normalized spacial score (nSPS) is 17.4. The van der Waals surface area contributed by atoms with Crippen molar-refractivity contribution in [3.05, 3.63) is 47.8 Å². The number of hydrogen-bond acceptors (Lipinski definition) is 8. The zero-order valence-electron chi connectivity index (χ0n) is 22.9. The number of ether oxygens (including phenoxy) is 1. The monoisotopic (exact) mass is 510 g/mol. The smallest absolute Gasteiger partial charge is 0.340 e. The summed E-state index contributed by atoms with van der Waals surface area (Å²) in [4.78, 5) is 40.8. The number of aromatic nitrogens is 2. The molecular formula is C28H42N6O3. The highest BCUT2D eigenvalue weighted by Crippen LogP contribution is 2.20. The van der Waals surface area contributed by atoms with Gasteiger partial charge in [0.1, 0.15) is 17.7 Å². The van der Waals surface area contributed by atoms with E-state index in [9.17, 15) is 9.59 Å². The van der Waals surface area contributed by atoms with Gasteiger partial charge in [-0.15, -0.1) is 0 Å². The van der Waals surface area contributed by atoms with E-state index in [0.717, 1.165) is 50.7 Å². The second-order valence-electron chi connectivity index (χ2n) is 9.54. The maximum absolute atomic E-state index is 12.7. The summed E-state index contributed by atoms with van der Waals surface area (Å²) in [6, 6.07) is 7.46. The summed E-state index contributed by atoms with van der Waals surface area (Å²) in [7, 11) is 1.98. The van der Waals surface area contributed by atoms with Crippen molar-refractivity contribution < 1.29 is 14.3 Å². The zero-order chi connectivity index (χ0) is 26.8. The highest BCUT2D eigenvalue weighted by Gasteiger charge is 2.32. The second kappa shape index (κ2) is 13.9. The van der Waals surface area contributed by atoms with Crippen molar-refractivity contribution in [2.24, 2.45) is 0 Å². The molecule has 1 aliphatic rings. The summed E-state index contributed by atoms with van der Waals surface area (Å²) in [5.74, 6) is 1.23. The summed E-state index contributed by atoms with van der Waals surface area (Å²) in [6.45, 7) is 13.2. The molecule has 0 unspecified atom stereocenters. The maximum atomic E-state index is 12.7. The minimum absolute atomic E-state index is 0.0850. The topological polar surface area (TPSA) is 90.9 Å². The van der Waals surface area contributed by atoms with E-state index >= 15 is 0 Å². The molecular weight excluding hydrogens is 468 g/mol. The highest BCUT2D eigenvalue weighted by molar-refractivity contribution is 5.94. The largest absolute Gasteiger partial charge is 0.457 e. The van der Waals surface area contributed by atoms with Gasteiger partial charge in [-0.25, -0.2) is 14.8 Å². The molecule has 202 valence electrons. The lowest BCUT2D eigenvalue weighted by molar-refractivity contribution is 0.0325. The Labute approximate surface area is 221 Å². The van der Waals surface area contributed by atoms with E-state index in [4.69, 9.17) is 4.74 Å². The lowest BCUT2D eigenvalue weighted by Gasteiger charge is -2.21. The van der Waals surface area contributed by atoms with Gasteiger partial charge in [0.05, 0.1) is 11.1 Å². The zero-order valence-corrected chi connectivity index (χ0v) is 22.9. The predicted octanol–water partition coefficient (Wildman–Crippen LogP) is 3.61. The lowest BCUT2D eigenvalue weighted by atomic mass is 10.2. The molecule has 9 heteroatoms. The number of carbonyl (C=O) groups is 2. The molecule has 0 aromatic carbocycles. The minimum atomic E-state index is -0.365. The molecule has 1 amide bonds. The number of nitrogens with zero attached hydrogens (tertiary/aromatic N) is 5. The van der Waals surface area contributed by atoms with Crippen molar-refractivity contribution in [3.8, 4) is 0 Å². The number of likely N-dealkylation sites (tertiary alicyclic amines) is 1. The first-order valence-corrected chi connectivity index (χ1v) is 13.5. The van der Waals surface area contributed by atoms with E-state index in [2.05, 4.69) is 57.7 Å². The number of amides is 1. The van der Waals surface area contributed by atoms with Crippen LogP contribution in [0.15, 0.2) is 36.7 Å². The molecule has 2 aromatic heterocycles. The number of hydrogen-bond donors (Lipinski definition) is 1. The van der Waals surface area contributed by atoms with Gasteiger partial charge in [-0.2, -0.15) is 0 Å². The first-order chi connectivity index (χ1) is 17.9.